The zero-order chi connectivity index (χ0) is 14.4. The normalized spacial score (nSPS) is 17.1. The van der Waals surface area contributed by atoms with Crippen LogP contribution in [0.15, 0.2) is 24.3 Å². The van der Waals surface area contributed by atoms with Crippen LogP contribution in [0.5, 0.6) is 0 Å². The van der Waals surface area contributed by atoms with Gasteiger partial charge in [0.1, 0.15) is 0 Å². The highest BCUT2D eigenvalue weighted by molar-refractivity contribution is 5.89. The fourth-order valence-corrected chi connectivity index (χ4v) is 2.96. The van der Waals surface area contributed by atoms with Gasteiger partial charge in [-0.1, -0.05) is 31.9 Å². The highest BCUT2D eigenvalue weighted by atomic mass is 16.5. The highest BCUT2D eigenvalue weighted by Crippen LogP contribution is 2.22. The van der Waals surface area contributed by atoms with Crippen molar-refractivity contribution in [1.29, 1.82) is 0 Å². The van der Waals surface area contributed by atoms with Crippen LogP contribution in [0, 0.1) is 5.92 Å². The Morgan fingerprint density at radius 2 is 1.90 bits per heavy atom. The first-order valence-electron chi connectivity index (χ1n) is 7.62. The number of ether oxygens (including phenoxy) is 1. The maximum Gasteiger partial charge on any atom is 0.337 e. The molecule has 2 rings (SSSR count). The summed E-state index contributed by atoms with van der Waals surface area (Å²) in [6.07, 6.45) is 5.34. The second-order valence-corrected chi connectivity index (χ2v) is 5.70. The molecule has 110 valence electrons. The van der Waals surface area contributed by atoms with Crippen LogP contribution in [-0.4, -0.2) is 31.1 Å². The van der Waals surface area contributed by atoms with Gasteiger partial charge in [0.2, 0.25) is 0 Å². The number of hydrogen-bond acceptors (Lipinski definition) is 3. The van der Waals surface area contributed by atoms with E-state index in [9.17, 15) is 4.79 Å². The lowest BCUT2D eigenvalue weighted by Gasteiger charge is -2.31. The Labute approximate surface area is 121 Å². The standard InChI is InChI=1S/C17H25NO2/c1-3-4-14-9-11-18(12-10-14)13-15-5-7-16(8-6-15)17(19)20-2/h5-8,14H,3-4,9-13H2,1-2H3. The van der Waals surface area contributed by atoms with Gasteiger partial charge in [0, 0.05) is 6.54 Å². The summed E-state index contributed by atoms with van der Waals surface area (Å²) < 4.78 is 4.71. The van der Waals surface area contributed by atoms with E-state index in [-0.39, 0.29) is 5.97 Å². The number of esters is 1. The maximum atomic E-state index is 11.4. The minimum atomic E-state index is -0.267. The molecule has 0 N–H and O–H groups in total. The van der Waals surface area contributed by atoms with Crippen LogP contribution in [0.3, 0.4) is 0 Å². The molecule has 0 bridgehead atoms. The number of piperidine rings is 1. The molecule has 0 amide bonds. The van der Waals surface area contributed by atoms with Crippen LogP contribution in [0.1, 0.15) is 48.5 Å². The molecule has 0 spiro atoms. The Balaban J connectivity index is 1.84. The van der Waals surface area contributed by atoms with Gasteiger partial charge in [-0.2, -0.15) is 0 Å². The summed E-state index contributed by atoms with van der Waals surface area (Å²) in [5.41, 5.74) is 1.89. The molecule has 3 heteroatoms. The molecule has 1 aliphatic rings. The summed E-state index contributed by atoms with van der Waals surface area (Å²) >= 11 is 0. The molecular weight excluding hydrogens is 250 g/mol. The van der Waals surface area contributed by atoms with Gasteiger partial charge in [0.05, 0.1) is 12.7 Å². The van der Waals surface area contributed by atoms with Gasteiger partial charge in [-0.25, -0.2) is 4.79 Å². The second-order valence-electron chi connectivity index (χ2n) is 5.70. The molecule has 0 aliphatic carbocycles. The van der Waals surface area contributed by atoms with Crippen molar-refractivity contribution in [3.8, 4) is 0 Å². The molecule has 1 heterocycles. The van der Waals surface area contributed by atoms with Crippen LogP contribution in [0.4, 0.5) is 0 Å². The third-order valence-electron chi connectivity index (χ3n) is 4.19. The smallest absolute Gasteiger partial charge is 0.337 e. The number of benzene rings is 1. The molecule has 0 unspecified atom stereocenters. The fraction of sp³-hybridized carbons (Fsp3) is 0.588. The van der Waals surface area contributed by atoms with Crippen molar-refractivity contribution in [2.24, 2.45) is 5.92 Å². The Morgan fingerprint density at radius 1 is 1.25 bits per heavy atom. The van der Waals surface area contributed by atoms with Crippen molar-refractivity contribution in [3.05, 3.63) is 35.4 Å². The van der Waals surface area contributed by atoms with Gasteiger partial charge in [0.25, 0.3) is 0 Å². The molecule has 3 nitrogen and oxygen atoms in total. The molecule has 1 aliphatic heterocycles. The van der Waals surface area contributed by atoms with E-state index < -0.39 is 0 Å². The van der Waals surface area contributed by atoms with E-state index in [0.29, 0.717) is 5.56 Å². The van der Waals surface area contributed by atoms with Crippen molar-refractivity contribution in [2.75, 3.05) is 20.2 Å². The number of carbonyl (C=O) groups excluding carboxylic acids is 1. The Morgan fingerprint density at radius 3 is 2.45 bits per heavy atom. The largest absolute Gasteiger partial charge is 0.465 e. The maximum absolute atomic E-state index is 11.4. The minimum absolute atomic E-state index is 0.267. The quantitative estimate of drug-likeness (QED) is 0.770. The molecule has 1 saturated heterocycles. The minimum Gasteiger partial charge on any atom is -0.465 e. The van der Waals surface area contributed by atoms with Gasteiger partial charge in [-0.15, -0.1) is 0 Å². The van der Waals surface area contributed by atoms with Crippen LogP contribution in [0.2, 0.25) is 0 Å². The van der Waals surface area contributed by atoms with Crippen molar-refractivity contribution >= 4 is 5.97 Å². The van der Waals surface area contributed by atoms with Crippen LogP contribution < -0.4 is 0 Å². The molecule has 0 saturated carbocycles. The zero-order valence-electron chi connectivity index (χ0n) is 12.6. The molecule has 0 atom stereocenters. The number of rotatable bonds is 5. The van der Waals surface area contributed by atoms with E-state index in [1.165, 1.54) is 51.4 Å². The summed E-state index contributed by atoms with van der Waals surface area (Å²) in [4.78, 5) is 13.9. The molecular formula is C17H25NO2. The van der Waals surface area contributed by atoms with Crippen LogP contribution >= 0.6 is 0 Å². The van der Waals surface area contributed by atoms with Gasteiger partial charge in [-0.3, -0.25) is 4.90 Å². The van der Waals surface area contributed by atoms with Gasteiger partial charge >= 0.3 is 5.97 Å². The third-order valence-corrected chi connectivity index (χ3v) is 4.19. The van der Waals surface area contributed by atoms with Gasteiger partial charge < -0.3 is 4.74 Å². The molecule has 0 radical (unpaired) electrons. The summed E-state index contributed by atoms with van der Waals surface area (Å²) in [7, 11) is 1.41. The summed E-state index contributed by atoms with van der Waals surface area (Å²) in [5, 5.41) is 0. The lowest BCUT2D eigenvalue weighted by Crippen LogP contribution is -2.33. The molecule has 1 fully saturated rings. The second kappa shape index (κ2) is 7.44. The number of carbonyl (C=O) groups is 1. The Kier molecular flexibility index (Phi) is 5.60. The summed E-state index contributed by atoms with van der Waals surface area (Å²) in [5.74, 6) is 0.662. The lowest BCUT2D eigenvalue weighted by atomic mass is 9.92. The summed E-state index contributed by atoms with van der Waals surface area (Å²) in [6.45, 7) is 5.66. The topological polar surface area (TPSA) is 29.5 Å². The SMILES string of the molecule is CCCC1CCN(Cc2ccc(C(=O)OC)cc2)CC1. The van der Waals surface area contributed by atoms with Crippen LogP contribution in [-0.2, 0) is 11.3 Å². The molecule has 1 aromatic carbocycles. The third kappa shape index (κ3) is 4.07. The van der Waals surface area contributed by atoms with Crippen molar-refractivity contribution in [2.45, 2.75) is 39.2 Å². The van der Waals surface area contributed by atoms with Gasteiger partial charge in [-0.05, 0) is 49.5 Å². The summed E-state index contributed by atoms with van der Waals surface area (Å²) in [6, 6.07) is 7.77. The van der Waals surface area contributed by atoms with E-state index in [0.717, 1.165) is 12.5 Å². The number of likely N-dealkylation sites (tertiary alicyclic amines) is 1. The van der Waals surface area contributed by atoms with E-state index >= 15 is 0 Å². The first kappa shape index (κ1) is 15.0. The number of methoxy groups -OCH3 is 1. The number of hydrogen-bond donors (Lipinski definition) is 0. The average molecular weight is 275 g/mol. The van der Waals surface area contributed by atoms with Crippen molar-refractivity contribution in [3.63, 3.8) is 0 Å². The lowest BCUT2D eigenvalue weighted by molar-refractivity contribution is 0.0600. The van der Waals surface area contributed by atoms with E-state index in [4.69, 9.17) is 4.74 Å². The fourth-order valence-electron chi connectivity index (χ4n) is 2.96. The van der Waals surface area contributed by atoms with E-state index in [1.54, 1.807) is 0 Å². The van der Waals surface area contributed by atoms with Crippen molar-refractivity contribution in [1.82, 2.24) is 4.90 Å². The van der Waals surface area contributed by atoms with E-state index in [1.807, 2.05) is 24.3 Å². The zero-order valence-corrected chi connectivity index (χ0v) is 12.6. The first-order chi connectivity index (χ1) is 9.72. The predicted octanol–water partition coefficient (Wildman–Crippen LogP) is 3.49. The van der Waals surface area contributed by atoms with E-state index in [2.05, 4.69) is 11.8 Å². The van der Waals surface area contributed by atoms with Gasteiger partial charge in [0.15, 0.2) is 0 Å². The number of nitrogens with zero attached hydrogens (tertiary/aromatic N) is 1. The Hall–Kier alpha value is -1.35. The highest BCUT2D eigenvalue weighted by Gasteiger charge is 2.18. The molecule has 20 heavy (non-hydrogen) atoms. The molecule has 0 aromatic heterocycles. The molecule has 1 aromatic rings. The van der Waals surface area contributed by atoms with Crippen LogP contribution in [0.25, 0.3) is 0 Å². The predicted molar refractivity (Wildman–Crippen MR) is 80.7 cm³/mol. The van der Waals surface area contributed by atoms with Crippen molar-refractivity contribution < 1.29 is 9.53 Å². The average Bonchev–Trinajstić information content (AvgIpc) is 2.49. The Bertz CT molecular complexity index is 419. The monoisotopic (exact) mass is 275 g/mol. The first-order valence-corrected chi connectivity index (χ1v) is 7.62.